The fourth-order valence-electron chi connectivity index (χ4n) is 5.33. The molecular formula is C32H43Cl3N4O12S2. The van der Waals surface area contributed by atoms with Gasteiger partial charge in [0.25, 0.3) is 20.4 Å². The van der Waals surface area contributed by atoms with Gasteiger partial charge in [-0.1, -0.05) is 23.2 Å². The Kier molecular flexibility index (Phi) is 17.8. The molecule has 16 nitrogen and oxygen atoms in total. The van der Waals surface area contributed by atoms with Gasteiger partial charge in [-0.2, -0.15) is 0 Å². The van der Waals surface area contributed by atoms with Crippen molar-refractivity contribution in [2.24, 2.45) is 17.6 Å². The Morgan fingerprint density at radius 2 is 1.11 bits per heavy atom. The molecule has 53 heavy (non-hydrogen) atoms. The Labute approximate surface area is 322 Å². The minimum atomic E-state index is -3.97. The summed E-state index contributed by atoms with van der Waals surface area (Å²) in [6.07, 6.45) is 5.57. The van der Waals surface area contributed by atoms with Crippen LogP contribution in [0.5, 0.6) is 0 Å². The van der Waals surface area contributed by atoms with Crippen LogP contribution in [0.2, 0.25) is 10.0 Å². The maximum Gasteiger partial charge on any atom is 0.309 e. The zero-order valence-electron chi connectivity index (χ0n) is 29.4. The van der Waals surface area contributed by atoms with Crippen molar-refractivity contribution < 1.29 is 45.7 Å². The van der Waals surface area contributed by atoms with E-state index in [1.54, 1.807) is 13.8 Å². The molecule has 2 aliphatic rings. The molecule has 2 fully saturated rings. The second kappa shape index (κ2) is 20.5. The lowest BCUT2D eigenvalue weighted by Gasteiger charge is -2.28. The standard InChI is InChI=1S/C16H21ClN2O6S.C10H19NO2.C6H3Cl2NO4S/c1-10(2)25-16(20)11-3-5-12(6-4-11)18-26(23,24)13-7-8-14(17)15(9-13)19(21)22;1-7(2)13-10(12)8-3-5-9(11)6-4-8;7-5-2-1-4(14(8,12)13)3-6(5)9(10)11/h7-12,18H,3-6H2,1-2H3;7-9H,3-6,11H2,1-2H3;1-3H. The average molecular weight is 846 g/mol. The van der Waals surface area contributed by atoms with Gasteiger partial charge in [0.05, 0.1) is 43.7 Å². The number of nitrogens with zero attached hydrogens (tertiary/aromatic N) is 2. The smallest absolute Gasteiger partial charge is 0.309 e. The van der Waals surface area contributed by atoms with Gasteiger partial charge in [-0.15, -0.1) is 0 Å². The number of benzene rings is 2. The molecule has 3 N–H and O–H groups in total. The SMILES string of the molecule is CC(C)OC(=O)C1CCC(N)CC1.CC(C)OC(=O)C1CCC(NS(=O)(=O)c2ccc(Cl)c([N+](=O)[O-])c2)CC1.O=[N+]([O-])c1cc(S(=O)(=O)Cl)ccc1Cl. The molecule has 0 heterocycles. The van der Waals surface area contributed by atoms with E-state index in [0.29, 0.717) is 31.7 Å². The number of halogens is 3. The van der Waals surface area contributed by atoms with Crippen LogP contribution in [0.1, 0.15) is 79.1 Å². The largest absolute Gasteiger partial charge is 0.463 e. The van der Waals surface area contributed by atoms with Crippen molar-refractivity contribution in [3.63, 3.8) is 0 Å². The first-order chi connectivity index (χ1) is 24.5. The van der Waals surface area contributed by atoms with Crippen LogP contribution in [0.15, 0.2) is 46.2 Å². The predicted octanol–water partition coefficient (Wildman–Crippen LogP) is 6.67. The summed E-state index contributed by atoms with van der Waals surface area (Å²) in [6.45, 7) is 7.32. The van der Waals surface area contributed by atoms with Crippen LogP contribution in [0.4, 0.5) is 11.4 Å². The third-order valence-corrected chi connectivity index (χ3v) is 11.5. The van der Waals surface area contributed by atoms with E-state index < -0.39 is 40.3 Å². The Hall–Kier alpha value is -3.13. The van der Waals surface area contributed by atoms with Crippen molar-refractivity contribution in [2.45, 2.75) is 113 Å². The number of hydrogen-bond donors (Lipinski definition) is 2. The third-order valence-electron chi connectivity index (χ3n) is 8.01. The zero-order valence-corrected chi connectivity index (χ0v) is 33.3. The van der Waals surface area contributed by atoms with Crippen molar-refractivity contribution in [3.05, 3.63) is 66.7 Å². The minimum Gasteiger partial charge on any atom is -0.463 e. The molecule has 0 bridgehead atoms. The third kappa shape index (κ3) is 15.3. The van der Waals surface area contributed by atoms with Crippen LogP contribution in [-0.4, -0.2) is 62.9 Å². The molecule has 2 aliphatic carbocycles. The number of esters is 2. The molecule has 296 valence electrons. The topological polar surface area (TPSA) is 245 Å². The summed E-state index contributed by atoms with van der Waals surface area (Å²) in [5.41, 5.74) is 4.79. The Balaban J connectivity index is 0.000000303. The highest BCUT2D eigenvalue weighted by atomic mass is 35.7. The zero-order chi connectivity index (χ0) is 40.3. The second-order valence-corrected chi connectivity index (χ2v) is 18.0. The van der Waals surface area contributed by atoms with E-state index in [9.17, 15) is 46.7 Å². The quantitative estimate of drug-likeness (QED) is 0.110. The van der Waals surface area contributed by atoms with Gasteiger partial charge in [0.15, 0.2) is 0 Å². The van der Waals surface area contributed by atoms with Gasteiger partial charge >= 0.3 is 11.9 Å². The molecule has 2 aromatic carbocycles. The number of carbonyl (C=O) groups is 2. The van der Waals surface area contributed by atoms with Crippen molar-refractivity contribution in [1.29, 1.82) is 0 Å². The Bertz CT molecular complexity index is 1830. The fraction of sp³-hybridized carbons (Fsp3) is 0.562. The molecule has 0 aromatic heterocycles. The van der Waals surface area contributed by atoms with E-state index in [-0.39, 0.29) is 61.9 Å². The summed E-state index contributed by atoms with van der Waals surface area (Å²) in [4.78, 5) is 42.6. The number of nitro groups is 2. The summed E-state index contributed by atoms with van der Waals surface area (Å²) < 4.78 is 59.5. The van der Waals surface area contributed by atoms with Gasteiger partial charge < -0.3 is 15.2 Å². The molecule has 0 atom stereocenters. The number of sulfonamides is 1. The van der Waals surface area contributed by atoms with E-state index >= 15 is 0 Å². The first-order valence-electron chi connectivity index (χ1n) is 16.5. The maximum atomic E-state index is 12.5. The monoisotopic (exact) mass is 844 g/mol. The lowest BCUT2D eigenvalue weighted by atomic mass is 9.86. The van der Waals surface area contributed by atoms with Crippen LogP contribution in [0.25, 0.3) is 0 Å². The van der Waals surface area contributed by atoms with Gasteiger partial charge in [0.1, 0.15) is 10.0 Å². The number of carbonyl (C=O) groups excluding carboxylic acids is 2. The van der Waals surface area contributed by atoms with Gasteiger partial charge in [-0.25, -0.2) is 21.6 Å². The molecule has 0 radical (unpaired) electrons. The first-order valence-corrected chi connectivity index (χ1v) is 21.1. The molecule has 4 rings (SSSR count). The van der Waals surface area contributed by atoms with Gasteiger partial charge in [0, 0.05) is 34.9 Å². The highest BCUT2D eigenvalue weighted by Crippen LogP contribution is 2.31. The summed E-state index contributed by atoms with van der Waals surface area (Å²) >= 11 is 11.2. The van der Waals surface area contributed by atoms with Crippen LogP contribution in [0.3, 0.4) is 0 Å². The van der Waals surface area contributed by atoms with E-state index in [0.717, 1.165) is 49.9 Å². The number of nitro benzene ring substituents is 2. The first kappa shape index (κ1) is 46.0. The minimum absolute atomic E-state index is 0.00287. The van der Waals surface area contributed by atoms with Crippen molar-refractivity contribution in [2.75, 3.05) is 0 Å². The van der Waals surface area contributed by atoms with Gasteiger partial charge in [0.2, 0.25) is 10.0 Å². The summed E-state index contributed by atoms with van der Waals surface area (Å²) in [6, 6.07) is 6.32. The number of rotatable bonds is 10. The molecule has 2 saturated carbocycles. The maximum absolute atomic E-state index is 12.5. The van der Waals surface area contributed by atoms with Crippen LogP contribution in [-0.2, 0) is 38.1 Å². The van der Waals surface area contributed by atoms with Crippen LogP contribution < -0.4 is 10.5 Å². The van der Waals surface area contributed by atoms with Crippen LogP contribution in [0, 0.1) is 32.1 Å². The van der Waals surface area contributed by atoms with Gasteiger partial charge in [-0.3, -0.25) is 29.8 Å². The highest BCUT2D eigenvalue weighted by molar-refractivity contribution is 8.13. The Morgan fingerprint density at radius 1 is 0.736 bits per heavy atom. The molecule has 0 aliphatic heterocycles. The molecular weight excluding hydrogens is 803 g/mol. The second-order valence-electron chi connectivity index (χ2n) is 12.9. The van der Waals surface area contributed by atoms with E-state index in [2.05, 4.69) is 4.72 Å². The molecule has 0 saturated heterocycles. The number of ether oxygens (including phenoxy) is 2. The highest BCUT2D eigenvalue weighted by Gasteiger charge is 2.31. The molecule has 2 aromatic rings. The lowest BCUT2D eigenvalue weighted by Crippen LogP contribution is -2.39. The van der Waals surface area contributed by atoms with Gasteiger partial charge in [-0.05, 0) is 103 Å². The molecule has 0 spiro atoms. The number of nitrogens with two attached hydrogens (primary N) is 1. The lowest BCUT2D eigenvalue weighted by molar-refractivity contribution is -0.385. The fourth-order valence-corrected chi connectivity index (χ4v) is 7.80. The van der Waals surface area contributed by atoms with Crippen LogP contribution >= 0.6 is 33.9 Å². The van der Waals surface area contributed by atoms with E-state index in [1.807, 2.05) is 13.8 Å². The summed E-state index contributed by atoms with van der Waals surface area (Å²) in [5.74, 6) is -0.423. The van der Waals surface area contributed by atoms with Crippen molar-refractivity contribution in [1.82, 2.24) is 4.72 Å². The summed E-state index contributed by atoms with van der Waals surface area (Å²) in [7, 11) is -2.89. The Morgan fingerprint density at radius 3 is 1.49 bits per heavy atom. The van der Waals surface area contributed by atoms with Crippen molar-refractivity contribution in [3.8, 4) is 0 Å². The van der Waals surface area contributed by atoms with E-state index in [1.165, 1.54) is 12.1 Å². The number of hydrogen-bond acceptors (Lipinski definition) is 13. The molecule has 0 unspecified atom stereocenters. The number of nitrogens with one attached hydrogen (secondary N) is 1. The average Bonchev–Trinajstić information content (AvgIpc) is 3.04. The normalized spacial score (nSPS) is 20.3. The molecule has 0 amide bonds. The summed E-state index contributed by atoms with van der Waals surface area (Å²) in [5, 5.41) is 21.0. The molecule has 21 heteroatoms. The van der Waals surface area contributed by atoms with Crippen molar-refractivity contribution >= 4 is 76.3 Å². The predicted molar refractivity (Wildman–Crippen MR) is 198 cm³/mol. The van der Waals surface area contributed by atoms with E-state index in [4.69, 9.17) is 49.1 Å².